The number of ether oxygens (including phenoxy) is 1. The summed E-state index contributed by atoms with van der Waals surface area (Å²) in [4.78, 5) is 11.9. The van der Waals surface area contributed by atoms with Gasteiger partial charge in [0.15, 0.2) is 0 Å². The molecule has 1 saturated carbocycles. The van der Waals surface area contributed by atoms with Gasteiger partial charge in [-0.1, -0.05) is 34.1 Å². The Morgan fingerprint density at radius 1 is 1.42 bits per heavy atom. The van der Waals surface area contributed by atoms with Crippen molar-refractivity contribution in [3.05, 3.63) is 34.3 Å². The second kappa shape index (κ2) is 4.91. The first kappa shape index (κ1) is 13.1. The number of halogens is 1. The largest absolute Gasteiger partial charge is 0.481 e. The molecule has 3 nitrogen and oxygen atoms in total. The van der Waals surface area contributed by atoms with E-state index in [0.717, 1.165) is 22.9 Å². The first-order valence-electron chi connectivity index (χ1n) is 6.72. The number of aliphatic carboxylic acids is 1. The zero-order chi connectivity index (χ0) is 13.5. The summed E-state index contributed by atoms with van der Waals surface area (Å²) in [5, 5.41) is 9.77. The average Bonchev–Trinajstić information content (AvgIpc) is 3.13. The minimum atomic E-state index is -0.745. The van der Waals surface area contributed by atoms with E-state index in [-0.39, 0.29) is 6.10 Å². The van der Waals surface area contributed by atoms with Crippen molar-refractivity contribution >= 4 is 21.9 Å². The molecule has 0 aromatic heterocycles. The Hall–Kier alpha value is -0.870. The topological polar surface area (TPSA) is 46.5 Å². The monoisotopic (exact) mass is 324 g/mol. The third-order valence-corrected chi connectivity index (χ3v) is 5.10. The van der Waals surface area contributed by atoms with Gasteiger partial charge in [-0.3, -0.25) is 4.79 Å². The lowest BCUT2D eigenvalue weighted by molar-refractivity contribution is -0.153. The lowest BCUT2D eigenvalue weighted by atomic mass is 9.74. The number of benzene rings is 1. The molecule has 2 atom stereocenters. The lowest BCUT2D eigenvalue weighted by Gasteiger charge is -2.30. The number of hydrogen-bond acceptors (Lipinski definition) is 2. The standard InChI is InChI=1S/C15H17BrO3/c16-12-4-2-1-3-11(12)9-15(14(17)18)7-8-19-13(15)10-5-6-10/h1-4,10,13H,5-9H2,(H,17,18). The molecular formula is C15H17BrO3. The van der Waals surface area contributed by atoms with E-state index in [1.165, 1.54) is 0 Å². The van der Waals surface area contributed by atoms with Crippen molar-refractivity contribution in [2.24, 2.45) is 11.3 Å². The summed E-state index contributed by atoms with van der Waals surface area (Å²) in [6.45, 7) is 0.567. The van der Waals surface area contributed by atoms with Crippen LogP contribution >= 0.6 is 15.9 Å². The first-order valence-corrected chi connectivity index (χ1v) is 7.51. The van der Waals surface area contributed by atoms with Crippen LogP contribution in [0.3, 0.4) is 0 Å². The molecule has 2 fully saturated rings. The average molecular weight is 325 g/mol. The minimum Gasteiger partial charge on any atom is -0.481 e. The fraction of sp³-hybridized carbons (Fsp3) is 0.533. The van der Waals surface area contributed by atoms with E-state index in [2.05, 4.69) is 15.9 Å². The molecule has 102 valence electrons. The van der Waals surface area contributed by atoms with Gasteiger partial charge in [0.05, 0.1) is 6.10 Å². The van der Waals surface area contributed by atoms with E-state index in [1.807, 2.05) is 24.3 Å². The van der Waals surface area contributed by atoms with Gasteiger partial charge in [-0.2, -0.15) is 0 Å². The van der Waals surface area contributed by atoms with E-state index in [4.69, 9.17) is 4.74 Å². The van der Waals surface area contributed by atoms with Crippen molar-refractivity contribution < 1.29 is 14.6 Å². The van der Waals surface area contributed by atoms with Gasteiger partial charge < -0.3 is 9.84 Å². The fourth-order valence-corrected chi connectivity index (χ4v) is 3.56. The molecule has 1 aliphatic carbocycles. The highest BCUT2D eigenvalue weighted by molar-refractivity contribution is 9.10. The second-order valence-electron chi connectivity index (χ2n) is 5.61. The van der Waals surface area contributed by atoms with Crippen LogP contribution in [-0.4, -0.2) is 23.8 Å². The number of carboxylic acid groups (broad SMARTS) is 1. The van der Waals surface area contributed by atoms with Crippen molar-refractivity contribution in [1.29, 1.82) is 0 Å². The molecule has 0 spiro atoms. The fourth-order valence-electron chi connectivity index (χ4n) is 3.13. The molecule has 0 bridgehead atoms. The number of hydrogen-bond donors (Lipinski definition) is 1. The summed E-state index contributed by atoms with van der Waals surface area (Å²) < 4.78 is 6.75. The van der Waals surface area contributed by atoms with E-state index in [1.54, 1.807) is 0 Å². The molecule has 0 radical (unpaired) electrons. The van der Waals surface area contributed by atoms with Gasteiger partial charge in [-0.25, -0.2) is 0 Å². The molecule has 1 heterocycles. The van der Waals surface area contributed by atoms with Crippen LogP contribution in [0, 0.1) is 11.3 Å². The maximum absolute atomic E-state index is 11.9. The Balaban J connectivity index is 1.92. The summed E-state index contributed by atoms with van der Waals surface area (Å²) in [6, 6.07) is 7.87. The van der Waals surface area contributed by atoms with Crippen molar-refractivity contribution in [2.45, 2.75) is 31.8 Å². The van der Waals surface area contributed by atoms with Gasteiger partial charge in [-0.05, 0) is 43.2 Å². The summed E-state index contributed by atoms with van der Waals surface area (Å²) in [5.41, 5.74) is 0.312. The van der Waals surface area contributed by atoms with Crippen LogP contribution in [0.1, 0.15) is 24.8 Å². The van der Waals surface area contributed by atoms with Gasteiger partial charge in [0, 0.05) is 11.1 Å². The third kappa shape index (κ3) is 2.32. The highest BCUT2D eigenvalue weighted by Gasteiger charge is 2.55. The van der Waals surface area contributed by atoms with Crippen molar-refractivity contribution in [3.8, 4) is 0 Å². The molecule has 1 aliphatic heterocycles. The normalized spacial score (nSPS) is 30.5. The Morgan fingerprint density at radius 2 is 2.16 bits per heavy atom. The van der Waals surface area contributed by atoms with E-state index < -0.39 is 11.4 Å². The Morgan fingerprint density at radius 3 is 2.79 bits per heavy atom. The zero-order valence-electron chi connectivity index (χ0n) is 10.6. The summed E-state index contributed by atoms with van der Waals surface area (Å²) in [6.07, 6.45) is 3.26. The number of rotatable bonds is 4. The van der Waals surface area contributed by atoms with Crippen LogP contribution in [0.4, 0.5) is 0 Å². The number of carbonyl (C=O) groups is 1. The van der Waals surface area contributed by atoms with Crippen molar-refractivity contribution in [1.82, 2.24) is 0 Å². The molecule has 4 heteroatoms. The van der Waals surface area contributed by atoms with Crippen molar-refractivity contribution in [3.63, 3.8) is 0 Å². The maximum atomic E-state index is 11.9. The highest BCUT2D eigenvalue weighted by atomic mass is 79.9. The van der Waals surface area contributed by atoms with Crippen LogP contribution in [0.25, 0.3) is 0 Å². The summed E-state index contributed by atoms with van der Waals surface area (Å²) >= 11 is 3.52. The smallest absolute Gasteiger partial charge is 0.312 e. The summed E-state index contributed by atoms with van der Waals surface area (Å²) in [5.74, 6) is -0.265. The molecule has 2 aliphatic rings. The zero-order valence-corrected chi connectivity index (χ0v) is 12.2. The highest BCUT2D eigenvalue weighted by Crippen LogP contribution is 2.50. The minimum absolute atomic E-state index is 0.114. The SMILES string of the molecule is O=C(O)C1(Cc2ccccc2Br)CCOC1C1CC1. The first-order chi connectivity index (χ1) is 9.13. The quantitative estimate of drug-likeness (QED) is 0.924. The molecule has 3 rings (SSSR count). The second-order valence-corrected chi connectivity index (χ2v) is 6.46. The molecule has 2 unspecified atom stereocenters. The van der Waals surface area contributed by atoms with Crippen LogP contribution in [0.2, 0.25) is 0 Å². The Kier molecular flexibility index (Phi) is 3.39. The van der Waals surface area contributed by atoms with Gasteiger partial charge in [0.25, 0.3) is 0 Å². The van der Waals surface area contributed by atoms with Gasteiger partial charge in [0.1, 0.15) is 5.41 Å². The third-order valence-electron chi connectivity index (χ3n) is 4.33. The van der Waals surface area contributed by atoms with Gasteiger partial charge in [-0.15, -0.1) is 0 Å². The molecule has 19 heavy (non-hydrogen) atoms. The van der Waals surface area contributed by atoms with E-state index in [9.17, 15) is 9.90 Å². The molecule has 1 N–H and O–H groups in total. The molecule has 1 aromatic carbocycles. The Bertz CT molecular complexity index is 498. The van der Waals surface area contributed by atoms with Crippen molar-refractivity contribution in [2.75, 3.05) is 6.61 Å². The van der Waals surface area contributed by atoms with E-state index in [0.29, 0.717) is 25.4 Å². The Labute approximate surface area is 121 Å². The molecule has 1 saturated heterocycles. The summed E-state index contributed by atoms with van der Waals surface area (Å²) in [7, 11) is 0. The van der Waals surface area contributed by atoms with Crippen LogP contribution in [0.5, 0.6) is 0 Å². The number of carboxylic acids is 1. The molecule has 1 aromatic rings. The maximum Gasteiger partial charge on any atom is 0.312 e. The van der Waals surface area contributed by atoms with Crippen LogP contribution < -0.4 is 0 Å². The van der Waals surface area contributed by atoms with Crippen LogP contribution in [0.15, 0.2) is 28.7 Å². The molecular weight excluding hydrogens is 308 g/mol. The predicted molar refractivity (Wildman–Crippen MR) is 75.0 cm³/mol. The predicted octanol–water partition coefficient (Wildman–Crippen LogP) is 3.26. The van der Waals surface area contributed by atoms with Gasteiger partial charge >= 0.3 is 5.97 Å². The van der Waals surface area contributed by atoms with E-state index >= 15 is 0 Å². The molecule has 0 amide bonds. The van der Waals surface area contributed by atoms with Crippen LogP contribution in [-0.2, 0) is 16.0 Å². The lowest BCUT2D eigenvalue weighted by Crippen LogP contribution is -2.42. The van der Waals surface area contributed by atoms with Gasteiger partial charge in [0.2, 0.25) is 0 Å².